The van der Waals surface area contributed by atoms with E-state index in [1.54, 1.807) is 74.4 Å². The van der Waals surface area contributed by atoms with E-state index in [9.17, 15) is 33.6 Å². The molecule has 13 heterocycles. The van der Waals surface area contributed by atoms with Crippen molar-refractivity contribution in [3.05, 3.63) is 172 Å². The van der Waals surface area contributed by atoms with E-state index in [0.29, 0.717) is 75.6 Å². The first-order chi connectivity index (χ1) is 52.5. The Morgan fingerprint density at radius 2 is 0.748 bits per heavy atom. The normalized spacial score (nSPS) is 15.0. The zero-order valence-electron chi connectivity index (χ0n) is 64.6. The van der Waals surface area contributed by atoms with Gasteiger partial charge in [-0.15, -0.1) is 0 Å². The summed E-state index contributed by atoms with van der Waals surface area (Å²) in [5.41, 5.74) is 39.4. The highest BCUT2D eigenvalue weighted by Gasteiger charge is 2.52. The van der Waals surface area contributed by atoms with Crippen molar-refractivity contribution in [2.45, 2.75) is 176 Å². The van der Waals surface area contributed by atoms with E-state index in [1.165, 1.54) is 26.5 Å². The van der Waals surface area contributed by atoms with E-state index in [1.807, 2.05) is 112 Å². The summed E-state index contributed by atoms with van der Waals surface area (Å²) in [6.07, 6.45) is 26.9. The number of hydrogen-bond acceptors (Lipinski definition) is 20. The number of ether oxygens (including phenoxy) is 2. The third kappa shape index (κ3) is 23.4. The van der Waals surface area contributed by atoms with Crippen molar-refractivity contribution in [2.24, 2.45) is 28.7 Å². The largest absolute Gasteiger partial charge is 0.496 e. The number of aromatic nitrogens is 8. The Labute approximate surface area is 654 Å². The molecule has 8 aromatic rings. The minimum absolute atomic E-state index is 0.0811. The van der Waals surface area contributed by atoms with Gasteiger partial charge in [-0.2, -0.15) is 0 Å². The number of pyridine rings is 8. The van der Waals surface area contributed by atoms with Crippen LogP contribution in [-0.2, 0) is 75.4 Å². The van der Waals surface area contributed by atoms with Crippen molar-refractivity contribution in [1.29, 1.82) is 0 Å². The molecule has 0 atom stereocenters. The van der Waals surface area contributed by atoms with Gasteiger partial charge in [-0.05, 0) is 224 Å². The summed E-state index contributed by atoms with van der Waals surface area (Å²) in [7, 11) is -0.469. The van der Waals surface area contributed by atoms with Crippen molar-refractivity contribution < 1.29 is 52.3 Å². The monoisotopic (exact) mass is 1580 g/mol. The number of anilines is 4. The van der Waals surface area contributed by atoms with Gasteiger partial charge < -0.3 is 63.4 Å². The quantitative estimate of drug-likeness (QED) is 0.0558. The Morgan fingerprint density at radius 3 is 1.09 bits per heavy atom. The molecule has 13 rings (SSSR count). The fourth-order valence-electron chi connectivity index (χ4n) is 12.3. The van der Waals surface area contributed by atoms with Crippen molar-refractivity contribution in [3.8, 4) is 33.4 Å². The number of nitrogens with two attached hydrogens (primary N) is 5. The molecular formula is C78H98BBrN20O11. The van der Waals surface area contributed by atoms with Crippen molar-refractivity contribution in [1.82, 2.24) is 55.8 Å². The summed E-state index contributed by atoms with van der Waals surface area (Å²) in [6, 6.07) is 14.1. The van der Waals surface area contributed by atoms with E-state index in [2.05, 4.69) is 77.8 Å². The maximum atomic E-state index is 11.8. The summed E-state index contributed by atoms with van der Waals surface area (Å²) >= 11 is 3.35. The van der Waals surface area contributed by atoms with Gasteiger partial charge in [0.05, 0.1) is 11.2 Å². The Kier molecular flexibility index (Phi) is 27.9. The van der Waals surface area contributed by atoms with Crippen LogP contribution in [0.3, 0.4) is 0 Å². The minimum Gasteiger partial charge on any atom is -0.444 e. The first-order valence-electron chi connectivity index (χ1n) is 36.4. The zero-order valence-corrected chi connectivity index (χ0v) is 66.1. The van der Waals surface area contributed by atoms with Gasteiger partial charge in [0.1, 0.15) is 34.5 Å². The van der Waals surface area contributed by atoms with Crippen LogP contribution in [0.1, 0.15) is 146 Å². The second kappa shape index (κ2) is 36.9. The standard InChI is InChI=1S/C20H25N5O3.C17H27BN2O4.C17H19N5O2.C15H17N5O.C9H10BrN3O/c1-20(2,3)28-19(27)24-10-13-7-15(11-22-9-13)16-8-14-5-4-6-25(18(21)26)17(14)23-12-16;1-15(2,3)22-14(21)20-10-12-8-13(11-19-9-12)18-23-16(4,5)17(6,7)24-18;1-11(23)20-8-12-5-14(9-19-7-12)15-6-13-3-2-4-22(17(18)24)16(13)21-10-15;16-6-10-4-12(8-18-7-10)13-5-11-2-1-3-20(15(17)21)14(11)19-9-13;10-7-4-6-2-1-3-13(9(11)14)8(6)12-5-7/h7-9,11-12H,4-6,10H2,1-3H3,(H2,21,26)(H,24,27);8-9,11H,10H2,1-7H3,(H,20,21);5-7,9-10H,2-4,8H2,1H3,(H2,18,24)(H,20,23);4-5,7-9H,1-3,6,16H2,(H2,17,21);4-5H,1-3H2,(H2,11,14). The number of hydrogen-bond donors (Lipinski definition) is 8. The SMILES string of the molecule is CC(=O)NCc1cncc(-c2cnc3c(c2)CCCN3C(N)=O)c1.CC(C)(C)OC(=O)NCc1cncc(-c2cnc3c(c2)CCCN3C(N)=O)c1.CC(C)(C)OC(=O)NCc1cncc(B2OC(C)(C)C(C)(C)O2)c1.NC(=O)N1CCCc2cc(Br)cnc21.NCc1cncc(-c2cnc3c(c2)CCCN3C(N)=O)c1. The first-order valence-corrected chi connectivity index (χ1v) is 37.2. The fourth-order valence-corrected chi connectivity index (χ4v) is 12.7. The van der Waals surface area contributed by atoms with Crippen LogP contribution in [0.25, 0.3) is 33.4 Å². The number of halogens is 1. The van der Waals surface area contributed by atoms with Crippen molar-refractivity contribution in [3.63, 3.8) is 0 Å². The van der Waals surface area contributed by atoms with Crippen LogP contribution in [0, 0.1) is 0 Å². The maximum absolute atomic E-state index is 11.8. The van der Waals surface area contributed by atoms with E-state index >= 15 is 0 Å². The molecule has 111 heavy (non-hydrogen) atoms. The van der Waals surface area contributed by atoms with Gasteiger partial charge >= 0.3 is 43.4 Å². The third-order valence-corrected chi connectivity index (χ3v) is 18.7. The average Bonchev–Trinajstić information content (AvgIpc) is 1.55. The van der Waals surface area contributed by atoms with Crippen molar-refractivity contribution in [2.75, 3.05) is 45.8 Å². The molecule has 5 aliphatic rings. The lowest BCUT2D eigenvalue weighted by atomic mass is 9.80. The van der Waals surface area contributed by atoms with Crippen LogP contribution in [0.4, 0.5) is 52.0 Å². The van der Waals surface area contributed by atoms with E-state index < -0.39 is 65.8 Å². The molecule has 5 aliphatic heterocycles. The number of urea groups is 4. The van der Waals surface area contributed by atoms with Crippen LogP contribution in [0.5, 0.6) is 0 Å². The number of fused-ring (bicyclic) bond motifs is 4. The first kappa shape index (κ1) is 83.7. The molecule has 8 aromatic heterocycles. The second-order valence-corrected chi connectivity index (χ2v) is 30.8. The molecular weight excluding hydrogens is 1480 g/mol. The van der Waals surface area contributed by atoms with Crippen LogP contribution >= 0.6 is 15.9 Å². The van der Waals surface area contributed by atoms with Crippen LogP contribution in [0.15, 0.2) is 127 Å². The highest BCUT2D eigenvalue weighted by atomic mass is 79.9. The molecule has 1 saturated heterocycles. The number of nitrogens with zero attached hydrogens (tertiary/aromatic N) is 12. The summed E-state index contributed by atoms with van der Waals surface area (Å²) in [5, 5.41) is 8.21. The highest BCUT2D eigenvalue weighted by molar-refractivity contribution is 9.10. The number of primary amides is 4. The Hall–Kier alpha value is -11.3. The number of carbonyl (C=O) groups is 7. The number of rotatable bonds is 11. The highest BCUT2D eigenvalue weighted by Crippen LogP contribution is 2.38. The Bertz CT molecular complexity index is 4680. The smallest absolute Gasteiger partial charge is 0.444 e. The molecule has 13 N–H and O–H groups in total. The number of amides is 11. The van der Waals surface area contributed by atoms with Crippen LogP contribution in [-0.4, -0.2) is 138 Å². The summed E-state index contributed by atoms with van der Waals surface area (Å²) in [4.78, 5) is 121. The van der Waals surface area contributed by atoms with E-state index in [-0.39, 0.29) is 5.91 Å². The third-order valence-electron chi connectivity index (χ3n) is 18.3. The topological polar surface area (TPSA) is 439 Å². The predicted molar refractivity (Wildman–Crippen MR) is 427 cm³/mol. The molecule has 0 aromatic carbocycles. The molecule has 0 spiro atoms. The number of alkyl carbamates (subject to hydrolysis) is 2. The Balaban J connectivity index is 0.000000162. The van der Waals surface area contributed by atoms with Gasteiger partial charge in [0.15, 0.2) is 0 Å². The lowest BCUT2D eigenvalue weighted by Crippen LogP contribution is -2.41. The lowest BCUT2D eigenvalue weighted by molar-refractivity contribution is -0.119. The Morgan fingerprint density at radius 1 is 0.441 bits per heavy atom. The average molecular weight is 1580 g/mol. The molecule has 31 nitrogen and oxygen atoms in total. The van der Waals surface area contributed by atoms with Crippen molar-refractivity contribution >= 4 is 94.0 Å². The molecule has 1 fully saturated rings. The van der Waals surface area contributed by atoms with Gasteiger partial charge in [0, 0.05) is 177 Å². The molecule has 33 heteroatoms. The van der Waals surface area contributed by atoms with Gasteiger partial charge in [0.2, 0.25) is 5.91 Å². The number of carbonyl (C=O) groups excluding carboxylic acids is 7. The summed E-state index contributed by atoms with van der Waals surface area (Å²) < 4.78 is 23.4. The molecule has 0 bridgehead atoms. The molecule has 0 aliphatic carbocycles. The predicted octanol–water partition coefficient (Wildman–Crippen LogP) is 10.1. The molecule has 11 amide bonds. The number of nitrogens with one attached hydrogen (secondary N) is 3. The van der Waals surface area contributed by atoms with Crippen LogP contribution < -0.4 is 69.7 Å². The van der Waals surface area contributed by atoms with E-state index in [0.717, 1.165) is 139 Å². The zero-order chi connectivity index (χ0) is 80.5. The second-order valence-electron chi connectivity index (χ2n) is 29.9. The molecule has 0 unspecified atom stereocenters. The van der Waals surface area contributed by atoms with Gasteiger partial charge in [0.25, 0.3) is 0 Å². The fraction of sp³-hybridized carbons (Fsp3) is 0.397. The molecule has 586 valence electrons. The van der Waals surface area contributed by atoms with Gasteiger partial charge in [-0.3, -0.25) is 44.3 Å². The molecule has 0 saturated carbocycles. The maximum Gasteiger partial charge on any atom is 0.496 e. The summed E-state index contributed by atoms with van der Waals surface area (Å²) in [5.74, 6) is 2.55. The van der Waals surface area contributed by atoms with E-state index in [4.69, 9.17) is 47.5 Å². The van der Waals surface area contributed by atoms with Crippen LogP contribution in [0.2, 0.25) is 0 Å². The van der Waals surface area contributed by atoms with Gasteiger partial charge in [-0.25, -0.2) is 48.7 Å². The summed E-state index contributed by atoms with van der Waals surface area (Å²) in [6.45, 7) is 24.4. The number of aryl methyl sites for hydroxylation is 4. The van der Waals surface area contributed by atoms with Gasteiger partial charge in [-0.1, -0.05) is 6.07 Å². The lowest BCUT2D eigenvalue weighted by Gasteiger charge is -2.32. The minimum atomic E-state index is -0.544. The molecule has 0 radical (unpaired) electrons.